The maximum absolute atomic E-state index is 12.5. The Bertz CT molecular complexity index is 709. The van der Waals surface area contributed by atoms with E-state index in [9.17, 15) is 14.4 Å². The second-order valence-electron chi connectivity index (χ2n) is 8.10. The third kappa shape index (κ3) is 10.3. The molecule has 0 saturated heterocycles. The highest BCUT2D eigenvalue weighted by Gasteiger charge is 2.22. The third-order valence-electron chi connectivity index (χ3n) is 3.95. The van der Waals surface area contributed by atoms with Gasteiger partial charge < -0.3 is 20.3 Å². The van der Waals surface area contributed by atoms with Crippen molar-refractivity contribution in [3.05, 3.63) is 48.0 Å². The van der Waals surface area contributed by atoms with Crippen LogP contribution in [0.3, 0.4) is 0 Å². The smallest absolute Gasteiger partial charge is 0.408 e. The summed E-state index contributed by atoms with van der Waals surface area (Å²) in [7, 11) is 3.33. The number of aryl methyl sites for hydroxylation is 1. The highest BCUT2D eigenvalue weighted by molar-refractivity contribution is 5.88. The second-order valence-corrected chi connectivity index (χ2v) is 8.10. The monoisotopic (exact) mass is 403 g/mol. The molecule has 0 heterocycles. The van der Waals surface area contributed by atoms with Gasteiger partial charge >= 0.3 is 6.09 Å². The minimum atomic E-state index is -0.776. The fourth-order valence-corrected chi connectivity index (χ4v) is 2.39. The minimum Gasteiger partial charge on any atom is -0.444 e. The number of nitrogens with one attached hydrogen (secondary N) is 2. The van der Waals surface area contributed by atoms with Crippen LogP contribution in [-0.2, 0) is 20.7 Å². The molecule has 7 nitrogen and oxygen atoms in total. The van der Waals surface area contributed by atoms with Crippen LogP contribution < -0.4 is 10.6 Å². The van der Waals surface area contributed by atoms with E-state index in [4.69, 9.17) is 4.74 Å². The number of carbonyl (C=O) groups is 3. The van der Waals surface area contributed by atoms with Crippen molar-refractivity contribution < 1.29 is 19.1 Å². The quantitative estimate of drug-likeness (QED) is 0.653. The van der Waals surface area contributed by atoms with E-state index in [-0.39, 0.29) is 17.9 Å². The Hall–Kier alpha value is -2.83. The van der Waals surface area contributed by atoms with Gasteiger partial charge in [0.05, 0.1) is 0 Å². The minimum absolute atomic E-state index is 0.163. The number of amides is 3. The first-order valence-electron chi connectivity index (χ1n) is 9.71. The summed E-state index contributed by atoms with van der Waals surface area (Å²) in [6.45, 7) is 6.85. The zero-order valence-corrected chi connectivity index (χ0v) is 18.2. The lowest BCUT2D eigenvalue weighted by Crippen LogP contribution is -2.49. The number of hydrogen-bond acceptors (Lipinski definition) is 4. The molecule has 0 aromatic heterocycles. The van der Waals surface area contributed by atoms with Crippen LogP contribution in [0, 0.1) is 0 Å². The van der Waals surface area contributed by atoms with Gasteiger partial charge in [0.25, 0.3) is 0 Å². The Morgan fingerprint density at radius 3 is 2.28 bits per heavy atom. The van der Waals surface area contributed by atoms with E-state index in [2.05, 4.69) is 10.6 Å². The van der Waals surface area contributed by atoms with Crippen LogP contribution >= 0.6 is 0 Å². The molecular weight excluding hydrogens is 370 g/mol. The first-order chi connectivity index (χ1) is 13.5. The molecule has 1 aromatic carbocycles. The van der Waals surface area contributed by atoms with Crippen LogP contribution in [0.4, 0.5) is 4.79 Å². The molecule has 1 aromatic rings. The number of ether oxygens (including phenoxy) is 1. The van der Waals surface area contributed by atoms with Crippen LogP contribution in [0.2, 0.25) is 0 Å². The van der Waals surface area contributed by atoms with Gasteiger partial charge in [-0.25, -0.2) is 4.79 Å². The molecule has 3 amide bonds. The highest BCUT2D eigenvalue weighted by Crippen LogP contribution is 2.08. The predicted molar refractivity (Wildman–Crippen MR) is 113 cm³/mol. The van der Waals surface area contributed by atoms with Gasteiger partial charge in [0.2, 0.25) is 11.8 Å². The largest absolute Gasteiger partial charge is 0.444 e. The Kier molecular flexibility index (Phi) is 9.38. The van der Waals surface area contributed by atoms with Gasteiger partial charge in [-0.05, 0) is 46.1 Å². The molecule has 0 aliphatic carbocycles. The lowest BCUT2D eigenvalue weighted by Gasteiger charge is -2.23. The van der Waals surface area contributed by atoms with E-state index in [1.54, 1.807) is 47.9 Å². The summed E-state index contributed by atoms with van der Waals surface area (Å²) in [5, 5.41) is 5.41. The molecule has 2 atom stereocenters. The third-order valence-corrected chi connectivity index (χ3v) is 3.95. The first-order valence-corrected chi connectivity index (χ1v) is 9.71. The molecule has 0 aliphatic heterocycles. The van der Waals surface area contributed by atoms with E-state index < -0.39 is 17.7 Å². The van der Waals surface area contributed by atoms with Crippen molar-refractivity contribution in [2.45, 2.75) is 58.2 Å². The van der Waals surface area contributed by atoms with Crippen LogP contribution in [0.5, 0.6) is 0 Å². The Labute approximate surface area is 173 Å². The number of benzene rings is 1. The molecule has 1 rings (SSSR count). The molecule has 0 bridgehead atoms. The molecule has 0 radical (unpaired) electrons. The molecule has 0 spiro atoms. The Morgan fingerprint density at radius 2 is 1.72 bits per heavy atom. The van der Waals surface area contributed by atoms with Gasteiger partial charge in [0, 0.05) is 26.2 Å². The van der Waals surface area contributed by atoms with Gasteiger partial charge in [-0.3, -0.25) is 9.59 Å². The molecule has 29 heavy (non-hydrogen) atoms. The van der Waals surface area contributed by atoms with Crippen molar-refractivity contribution in [1.82, 2.24) is 15.5 Å². The van der Waals surface area contributed by atoms with E-state index in [1.807, 2.05) is 30.3 Å². The summed E-state index contributed by atoms with van der Waals surface area (Å²) in [5.74, 6) is -0.514. The van der Waals surface area contributed by atoms with Crippen molar-refractivity contribution in [3.8, 4) is 0 Å². The summed E-state index contributed by atoms with van der Waals surface area (Å²) in [5.41, 5.74) is 0.493. The fraction of sp³-hybridized carbons (Fsp3) is 0.500. The van der Waals surface area contributed by atoms with Gasteiger partial charge in [-0.1, -0.05) is 36.4 Å². The fourth-order valence-electron chi connectivity index (χ4n) is 2.39. The number of rotatable bonds is 8. The Balaban J connectivity index is 2.74. The van der Waals surface area contributed by atoms with Crippen molar-refractivity contribution in [2.24, 2.45) is 0 Å². The summed E-state index contributed by atoms with van der Waals surface area (Å²) in [6, 6.07) is 8.77. The molecule has 0 saturated carbocycles. The van der Waals surface area contributed by atoms with E-state index in [1.165, 1.54) is 11.0 Å². The van der Waals surface area contributed by atoms with Crippen LogP contribution in [-0.4, -0.2) is 54.6 Å². The first kappa shape index (κ1) is 24.2. The van der Waals surface area contributed by atoms with Gasteiger partial charge in [-0.2, -0.15) is 0 Å². The SMILES string of the molecule is CC(NC(=O)OC(C)(C)C)C(=O)NC(C=CC(=O)N(C)C)CCc1ccccc1. The van der Waals surface area contributed by atoms with Crippen molar-refractivity contribution in [3.63, 3.8) is 0 Å². The summed E-state index contributed by atoms with van der Waals surface area (Å²) < 4.78 is 5.18. The summed E-state index contributed by atoms with van der Waals surface area (Å²) in [6.07, 6.45) is 3.83. The zero-order chi connectivity index (χ0) is 22.0. The molecule has 2 unspecified atom stereocenters. The normalized spacial score (nSPS) is 13.4. The zero-order valence-electron chi connectivity index (χ0n) is 18.2. The van der Waals surface area contributed by atoms with Crippen LogP contribution in [0.15, 0.2) is 42.5 Å². The standard InChI is InChI=1S/C22H33N3O4/c1-16(23-21(28)29-22(2,3)4)20(27)24-18(14-15-19(26)25(5)6)13-12-17-10-8-7-9-11-17/h7-11,14-16,18H,12-13H2,1-6H3,(H,23,28)(H,24,27). The number of hydrogen-bond donors (Lipinski definition) is 2. The molecule has 160 valence electrons. The molecule has 7 heteroatoms. The topological polar surface area (TPSA) is 87.7 Å². The number of alkyl carbamates (subject to hydrolysis) is 1. The lowest BCUT2D eigenvalue weighted by atomic mass is 10.0. The predicted octanol–water partition coefficient (Wildman–Crippen LogP) is 2.66. The number of nitrogens with zero attached hydrogens (tertiary/aromatic N) is 1. The highest BCUT2D eigenvalue weighted by atomic mass is 16.6. The van der Waals surface area contributed by atoms with E-state index in [0.717, 1.165) is 12.0 Å². The molecule has 0 fully saturated rings. The number of carbonyl (C=O) groups excluding carboxylic acids is 3. The average Bonchev–Trinajstić information content (AvgIpc) is 2.62. The Morgan fingerprint density at radius 1 is 1.10 bits per heavy atom. The lowest BCUT2D eigenvalue weighted by molar-refractivity contribution is -0.124. The summed E-state index contributed by atoms with van der Waals surface area (Å²) >= 11 is 0. The number of likely N-dealkylation sites (N-methyl/N-ethyl adjacent to an activating group) is 1. The van der Waals surface area contributed by atoms with Crippen LogP contribution in [0.25, 0.3) is 0 Å². The van der Waals surface area contributed by atoms with Gasteiger partial charge in [0.1, 0.15) is 11.6 Å². The second kappa shape index (κ2) is 11.2. The molecule has 0 aliphatic rings. The maximum atomic E-state index is 12.5. The van der Waals surface area contributed by atoms with E-state index >= 15 is 0 Å². The van der Waals surface area contributed by atoms with Crippen molar-refractivity contribution >= 4 is 17.9 Å². The van der Waals surface area contributed by atoms with E-state index in [0.29, 0.717) is 6.42 Å². The summed E-state index contributed by atoms with van der Waals surface area (Å²) in [4.78, 5) is 37.7. The molecule has 2 N–H and O–H groups in total. The molecular formula is C22H33N3O4. The van der Waals surface area contributed by atoms with Gasteiger partial charge in [-0.15, -0.1) is 0 Å². The maximum Gasteiger partial charge on any atom is 0.408 e. The van der Waals surface area contributed by atoms with Crippen molar-refractivity contribution in [1.29, 1.82) is 0 Å². The average molecular weight is 404 g/mol. The van der Waals surface area contributed by atoms with Crippen molar-refractivity contribution in [2.75, 3.05) is 14.1 Å². The van der Waals surface area contributed by atoms with Gasteiger partial charge in [0.15, 0.2) is 0 Å². The van der Waals surface area contributed by atoms with Crippen LogP contribution in [0.1, 0.15) is 39.7 Å².